The van der Waals surface area contributed by atoms with Crippen molar-refractivity contribution in [3.8, 4) is 11.5 Å². The van der Waals surface area contributed by atoms with Crippen LogP contribution in [-0.2, 0) is 6.54 Å². The quantitative estimate of drug-likeness (QED) is 0.513. The molecule has 3 aromatic rings. The van der Waals surface area contributed by atoms with Crippen molar-refractivity contribution >= 4 is 11.7 Å². The molecule has 3 rings (SSSR count). The molecule has 0 bridgehead atoms. The molecule has 2 aromatic carbocycles. The number of nitrogens with one attached hydrogen (secondary N) is 1. The first kappa shape index (κ1) is 21.4. The molecule has 0 saturated heterocycles. The molecule has 0 aliphatic heterocycles. The van der Waals surface area contributed by atoms with Crippen molar-refractivity contribution in [2.24, 2.45) is 0 Å². The highest BCUT2D eigenvalue weighted by molar-refractivity contribution is 5.98. The Morgan fingerprint density at radius 2 is 1.73 bits per heavy atom. The maximum Gasteiger partial charge on any atom is 0.255 e. The first-order valence-corrected chi connectivity index (χ1v) is 10.4. The molecular formula is C25H29N3O2. The van der Waals surface area contributed by atoms with Crippen LogP contribution in [0.4, 0.5) is 5.82 Å². The first-order valence-electron chi connectivity index (χ1n) is 10.4. The van der Waals surface area contributed by atoms with E-state index in [1.807, 2.05) is 43.3 Å². The highest BCUT2D eigenvalue weighted by Gasteiger charge is 2.13. The van der Waals surface area contributed by atoms with Crippen LogP contribution in [0.5, 0.6) is 11.5 Å². The minimum absolute atomic E-state index is 0.237. The molecule has 1 heterocycles. The van der Waals surface area contributed by atoms with Crippen LogP contribution in [0.3, 0.4) is 0 Å². The van der Waals surface area contributed by atoms with Gasteiger partial charge in [-0.3, -0.25) is 4.79 Å². The van der Waals surface area contributed by atoms with Crippen LogP contribution in [0.1, 0.15) is 59.8 Å². The third-order valence-electron chi connectivity index (χ3n) is 5.26. The van der Waals surface area contributed by atoms with Crippen LogP contribution in [0.15, 0.2) is 60.7 Å². The average Bonchev–Trinajstić information content (AvgIpc) is 2.75. The van der Waals surface area contributed by atoms with Crippen molar-refractivity contribution < 1.29 is 9.53 Å². The van der Waals surface area contributed by atoms with Gasteiger partial charge in [-0.1, -0.05) is 44.2 Å². The fraction of sp³-hybridized carbons (Fsp3) is 0.280. The van der Waals surface area contributed by atoms with Gasteiger partial charge < -0.3 is 15.8 Å². The number of nitrogen functional groups attached to an aromatic ring is 1. The summed E-state index contributed by atoms with van der Waals surface area (Å²) in [7, 11) is 0. The number of nitrogens with zero attached hydrogens (tertiary/aromatic N) is 1. The Morgan fingerprint density at radius 1 is 1.03 bits per heavy atom. The molecule has 30 heavy (non-hydrogen) atoms. The zero-order valence-electron chi connectivity index (χ0n) is 17.8. The topological polar surface area (TPSA) is 77.2 Å². The lowest BCUT2D eigenvalue weighted by atomic mass is 9.93. The predicted molar refractivity (Wildman–Crippen MR) is 121 cm³/mol. The minimum atomic E-state index is -0.237. The summed E-state index contributed by atoms with van der Waals surface area (Å²) in [5, 5.41) is 2.88. The van der Waals surface area contributed by atoms with Crippen LogP contribution in [0, 0.1) is 6.92 Å². The number of pyridine rings is 1. The zero-order chi connectivity index (χ0) is 21.5. The first-order chi connectivity index (χ1) is 14.5. The molecule has 1 aromatic heterocycles. The number of carbonyl (C=O) groups is 1. The maximum atomic E-state index is 12.4. The number of aryl methyl sites for hydroxylation is 1. The van der Waals surface area contributed by atoms with Crippen LogP contribution in [0.2, 0.25) is 0 Å². The van der Waals surface area contributed by atoms with E-state index in [0.717, 1.165) is 35.6 Å². The molecule has 0 aliphatic rings. The van der Waals surface area contributed by atoms with Gasteiger partial charge in [0.15, 0.2) is 0 Å². The van der Waals surface area contributed by atoms with Gasteiger partial charge in [0.1, 0.15) is 17.3 Å². The largest absolute Gasteiger partial charge is 0.457 e. The summed E-state index contributed by atoms with van der Waals surface area (Å²) in [6, 6.07) is 19.4. The Hall–Kier alpha value is -3.34. The molecule has 0 radical (unpaired) electrons. The summed E-state index contributed by atoms with van der Waals surface area (Å²) < 4.78 is 6.16. The van der Waals surface area contributed by atoms with E-state index >= 15 is 0 Å². The molecular weight excluding hydrogens is 374 g/mol. The van der Waals surface area contributed by atoms with Crippen molar-refractivity contribution in [3.05, 3.63) is 83.0 Å². The molecule has 3 N–H and O–H groups in total. The van der Waals surface area contributed by atoms with Crippen molar-refractivity contribution in [3.63, 3.8) is 0 Å². The van der Waals surface area contributed by atoms with Crippen LogP contribution in [-0.4, -0.2) is 10.9 Å². The van der Waals surface area contributed by atoms with Gasteiger partial charge in [0.25, 0.3) is 5.91 Å². The average molecular weight is 404 g/mol. The molecule has 0 unspecified atom stereocenters. The Morgan fingerprint density at radius 3 is 2.40 bits per heavy atom. The Labute approximate surface area is 178 Å². The molecule has 0 spiro atoms. The Kier molecular flexibility index (Phi) is 7.07. The van der Waals surface area contributed by atoms with Gasteiger partial charge in [0.2, 0.25) is 0 Å². The highest BCUT2D eigenvalue weighted by Crippen LogP contribution is 2.34. The van der Waals surface area contributed by atoms with Gasteiger partial charge in [0.05, 0.1) is 5.56 Å². The van der Waals surface area contributed by atoms with Crippen molar-refractivity contribution in [1.82, 2.24) is 10.3 Å². The number of carbonyl (C=O) groups excluding carboxylic acids is 1. The predicted octanol–water partition coefficient (Wildman–Crippen LogP) is 5.60. The molecule has 1 amide bonds. The SMILES string of the molecule is CCC(CC)c1ccccc1Oc1ccc(CNC(=O)c2ccc(C)nc2N)cc1. The molecule has 0 saturated carbocycles. The smallest absolute Gasteiger partial charge is 0.255 e. The molecule has 5 nitrogen and oxygen atoms in total. The van der Waals surface area contributed by atoms with Gasteiger partial charge >= 0.3 is 0 Å². The summed E-state index contributed by atoms with van der Waals surface area (Å²) in [6.07, 6.45) is 2.16. The number of benzene rings is 2. The van der Waals surface area contributed by atoms with E-state index in [2.05, 4.69) is 36.3 Å². The fourth-order valence-electron chi connectivity index (χ4n) is 3.49. The minimum Gasteiger partial charge on any atom is -0.457 e. The summed E-state index contributed by atoms with van der Waals surface area (Å²) in [5.74, 6) is 2.16. The van der Waals surface area contributed by atoms with Crippen molar-refractivity contribution in [2.75, 3.05) is 5.73 Å². The lowest BCUT2D eigenvalue weighted by molar-refractivity contribution is 0.0951. The molecule has 0 atom stereocenters. The van der Waals surface area contributed by atoms with E-state index in [4.69, 9.17) is 10.5 Å². The molecule has 5 heteroatoms. The lowest BCUT2D eigenvalue weighted by Gasteiger charge is -2.18. The number of anilines is 1. The standard InChI is InChI=1S/C25H29N3O2/c1-4-19(5-2)21-8-6-7-9-23(21)30-20-13-11-18(12-14-20)16-27-25(29)22-15-10-17(3)28-24(22)26/h6-15,19H,4-5,16H2,1-3H3,(H2,26,28)(H,27,29). The summed E-state index contributed by atoms with van der Waals surface area (Å²) >= 11 is 0. The monoisotopic (exact) mass is 403 g/mol. The Bertz CT molecular complexity index is 996. The third kappa shape index (κ3) is 5.17. The molecule has 156 valence electrons. The van der Waals surface area contributed by atoms with Crippen LogP contribution >= 0.6 is 0 Å². The van der Waals surface area contributed by atoms with E-state index < -0.39 is 0 Å². The van der Waals surface area contributed by atoms with E-state index in [0.29, 0.717) is 18.0 Å². The fourth-order valence-corrected chi connectivity index (χ4v) is 3.49. The number of ether oxygens (including phenoxy) is 1. The highest BCUT2D eigenvalue weighted by atomic mass is 16.5. The van der Waals surface area contributed by atoms with Crippen LogP contribution in [0.25, 0.3) is 0 Å². The van der Waals surface area contributed by atoms with E-state index in [1.54, 1.807) is 12.1 Å². The van der Waals surface area contributed by atoms with Gasteiger partial charge in [-0.25, -0.2) is 4.98 Å². The third-order valence-corrected chi connectivity index (χ3v) is 5.26. The van der Waals surface area contributed by atoms with Gasteiger partial charge in [0, 0.05) is 12.2 Å². The number of hydrogen-bond donors (Lipinski definition) is 2. The van der Waals surface area contributed by atoms with E-state index in [1.165, 1.54) is 5.56 Å². The second-order valence-electron chi connectivity index (χ2n) is 7.37. The normalized spacial score (nSPS) is 10.8. The number of hydrogen-bond acceptors (Lipinski definition) is 4. The Balaban J connectivity index is 1.64. The summed E-state index contributed by atoms with van der Waals surface area (Å²) in [6.45, 7) is 6.64. The number of para-hydroxylation sites is 1. The van der Waals surface area contributed by atoms with E-state index in [-0.39, 0.29) is 11.7 Å². The molecule has 0 aliphatic carbocycles. The van der Waals surface area contributed by atoms with Crippen molar-refractivity contribution in [2.45, 2.75) is 46.1 Å². The number of rotatable bonds is 8. The van der Waals surface area contributed by atoms with Gasteiger partial charge in [-0.2, -0.15) is 0 Å². The van der Waals surface area contributed by atoms with Crippen molar-refractivity contribution in [1.29, 1.82) is 0 Å². The number of aromatic nitrogens is 1. The second kappa shape index (κ2) is 9.92. The zero-order valence-corrected chi connectivity index (χ0v) is 17.8. The van der Waals surface area contributed by atoms with Crippen LogP contribution < -0.4 is 15.8 Å². The van der Waals surface area contributed by atoms with Gasteiger partial charge in [-0.05, 0) is 67.1 Å². The summed E-state index contributed by atoms with van der Waals surface area (Å²) in [4.78, 5) is 16.5. The maximum absolute atomic E-state index is 12.4. The number of amides is 1. The second-order valence-corrected chi connectivity index (χ2v) is 7.37. The summed E-state index contributed by atoms with van der Waals surface area (Å²) in [5.41, 5.74) is 9.23. The van der Waals surface area contributed by atoms with E-state index in [9.17, 15) is 4.79 Å². The number of nitrogens with two attached hydrogens (primary N) is 1. The van der Waals surface area contributed by atoms with Gasteiger partial charge in [-0.15, -0.1) is 0 Å². The molecule has 0 fully saturated rings. The lowest BCUT2D eigenvalue weighted by Crippen LogP contribution is -2.24.